The van der Waals surface area contributed by atoms with Crippen LogP contribution in [-0.2, 0) is 66.9 Å². The summed E-state index contributed by atoms with van der Waals surface area (Å²) < 4.78 is 73.3. The van der Waals surface area contributed by atoms with Crippen molar-refractivity contribution in [3.05, 3.63) is 0 Å². The largest absolute Gasteiger partial charge is 0.481 e. The van der Waals surface area contributed by atoms with Gasteiger partial charge < -0.3 is 29.2 Å². The van der Waals surface area contributed by atoms with Gasteiger partial charge in [0.2, 0.25) is 11.8 Å². The van der Waals surface area contributed by atoms with Crippen LogP contribution in [0.3, 0.4) is 0 Å². The molecule has 0 aromatic heterocycles. The number of halogens is 4. The highest BCUT2D eigenvalue weighted by atomic mass is 19.3. The molecule has 16 nitrogen and oxygen atoms in total. The van der Waals surface area contributed by atoms with Gasteiger partial charge in [0.05, 0.1) is 36.5 Å². The predicted octanol–water partition coefficient (Wildman–Crippen LogP) is 10.9. The van der Waals surface area contributed by atoms with Gasteiger partial charge in [-0.25, -0.2) is 17.6 Å². The third-order valence-corrected chi connectivity index (χ3v) is 13.4. The molecule has 0 aromatic carbocycles. The number of Topliss-reactive ketones (excluding diaryl/α,β-unsaturated/α-hetero) is 4. The summed E-state index contributed by atoms with van der Waals surface area (Å²) in [4.78, 5) is 116. The van der Waals surface area contributed by atoms with Crippen LogP contribution < -0.4 is 0 Å². The summed E-state index contributed by atoms with van der Waals surface area (Å²) in [6.45, 7) is 23.7. The van der Waals surface area contributed by atoms with Gasteiger partial charge >= 0.3 is 35.8 Å². The third-order valence-electron chi connectivity index (χ3n) is 13.4. The molecule has 0 unspecified atom stereocenters. The van der Waals surface area contributed by atoms with Crippen LogP contribution in [0.2, 0.25) is 0 Å². The summed E-state index contributed by atoms with van der Waals surface area (Å²) in [6, 6.07) is 0. The highest BCUT2D eigenvalue weighted by Gasteiger charge is 2.51. The van der Waals surface area contributed by atoms with Crippen LogP contribution in [0.15, 0.2) is 0 Å². The molecule has 4 rings (SSSR count). The molecule has 4 aliphatic carbocycles. The van der Waals surface area contributed by atoms with Crippen molar-refractivity contribution < 1.29 is 94.7 Å². The summed E-state index contributed by atoms with van der Waals surface area (Å²) in [6.07, 6.45) is 0.142. The van der Waals surface area contributed by atoms with Crippen LogP contribution in [0.5, 0.6) is 0 Å². The molecule has 20 heteroatoms. The van der Waals surface area contributed by atoms with Gasteiger partial charge in [0.15, 0.2) is 0 Å². The molecular weight excluding hydrogens is 981 g/mol. The average Bonchev–Trinajstić information content (AvgIpc) is 3.19. The second-order valence-electron chi connectivity index (χ2n) is 24.7. The van der Waals surface area contributed by atoms with Crippen molar-refractivity contribution in [1.29, 1.82) is 0 Å². The SMILES string of the molecule is CC(=O)C1(CC(=O)OC(C)(C)C)CCC(=O)CC1.CC(=O)C1(CC(=O)OC(C)(C)C)CCC(F)(F)CC1.CC(C)(C)OC(=O)CC1(C(=O)O)CCC(=O)CC1.CC(C)(C)OC(=O)CC1(C(=O)O)CCC(F)(F)CC1. The van der Waals surface area contributed by atoms with E-state index in [0.29, 0.717) is 25.7 Å². The number of hydrogen-bond acceptors (Lipinski definition) is 14. The number of carboxylic acid groups (broad SMARTS) is 2. The Morgan fingerprint density at radius 2 is 0.568 bits per heavy atom. The van der Waals surface area contributed by atoms with E-state index >= 15 is 0 Å². The summed E-state index contributed by atoms with van der Waals surface area (Å²) >= 11 is 0. The first-order valence-corrected chi connectivity index (χ1v) is 25.4. The van der Waals surface area contributed by atoms with Crippen molar-refractivity contribution in [2.75, 3.05) is 0 Å². The number of alkyl halides is 4. The first-order chi connectivity index (χ1) is 33.2. The predicted molar refractivity (Wildman–Crippen MR) is 262 cm³/mol. The van der Waals surface area contributed by atoms with E-state index < -0.39 is 98.6 Å². The Hall–Kier alpha value is -4.78. The Kier molecular flexibility index (Phi) is 23.5. The van der Waals surface area contributed by atoms with E-state index in [0.717, 1.165) is 0 Å². The van der Waals surface area contributed by atoms with Gasteiger partial charge in [-0.2, -0.15) is 0 Å². The third kappa shape index (κ3) is 23.8. The molecule has 0 atom stereocenters. The van der Waals surface area contributed by atoms with Crippen molar-refractivity contribution in [3.63, 3.8) is 0 Å². The molecule has 0 saturated heterocycles. The van der Waals surface area contributed by atoms with Gasteiger partial charge in [0.25, 0.3) is 0 Å². The van der Waals surface area contributed by atoms with Gasteiger partial charge in [0, 0.05) is 62.2 Å². The lowest BCUT2D eigenvalue weighted by Gasteiger charge is -2.38. The van der Waals surface area contributed by atoms with Crippen LogP contribution in [-0.4, -0.2) is 103 Å². The molecule has 0 aromatic rings. The molecule has 0 spiro atoms. The van der Waals surface area contributed by atoms with E-state index in [2.05, 4.69) is 0 Å². The number of aliphatic carboxylic acids is 2. The van der Waals surface area contributed by atoms with Crippen LogP contribution in [0.4, 0.5) is 17.6 Å². The van der Waals surface area contributed by atoms with Gasteiger partial charge in [-0.3, -0.25) is 47.9 Å². The fourth-order valence-electron chi connectivity index (χ4n) is 9.06. The summed E-state index contributed by atoms with van der Waals surface area (Å²) in [7, 11) is 0. The molecule has 0 aliphatic heterocycles. The number of carboxylic acids is 2. The molecular formula is C54H84F4O16. The molecule has 4 saturated carbocycles. The first kappa shape index (κ1) is 67.2. The number of ketones is 4. The summed E-state index contributed by atoms with van der Waals surface area (Å²) in [5.41, 5.74) is -6.70. The Morgan fingerprint density at radius 1 is 0.378 bits per heavy atom. The maximum Gasteiger partial charge on any atom is 0.310 e. The minimum absolute atomic E-state index is 0.0131. The van der Waals surface area contributed by atoms with E-state index in [1.165, 1.54) is 13.8 Å². The van der Waals surface area contributed by atoms with E-state index in [9.17, 15) is 75.7 Å². The zero-order valence-electron chi connectivity index (χ0n) is 46.3. The number of hydrogen-bond donors (Lipinski definition) is 2. The zero-order chi connectivity index (χ0) is 57.7. The number of rotatable bonds is 12. The lowest BCUT2D eigenvalue weighted by molar-refractivity contribution is -0.171. The fourth-order valence-corrected chi connectivity index (χ4v) is 9.06. The molecule has 2 N–H and O–H groups in total. The normalized spacial score (nSPS) is 20.6. The average molecular weight is 1070 g/mol. The van der Waals surface area contributed by atoms with Crippen molar-refractivity contribution >= 4 is 58.9 Å². The van der Waals surface area contributed by atoms with Gasteiger partial charge in [-0.15, -0.1) is 0 Å². The van der Waals surface area contributed by atoms with E-state index in [-0.39, 0.29) is 119 Å². The molecule has 0 bridgehead atoms. The summed E-state index contributed by atoms with van der Waals surface area (Å²) in [5.74, 6) is -9.74. The highest BCUT2D eigenvalue weighted by Crippen LogP contribution is 2.48. The second-order valence-corrected chi connectivity index (χ2v) is 24.7. The van der Waals surface area contributed by atoms with Crippen molar-refractivity contribution in [2.45, 2.75) is 260 Å². The lowest BCUT2D eigenvalue weighted by Crippen LogP contribution is -2.41. The van der Waals surface area contributed by atoms with Crippen molar-refractivity contribution in [2.24, 2.45) is 21.7 Å². The minimum atomic E-state index is -2.83. The Morgan fingerprint density at radius 3 is 0.784 bits per heavy atom. The van der Waals surface area contributed by atoms with Crippen LogP contribution in [0, 0.1) is 21.7 Å². The highest BCUT2D eigenvalue weighted by molar-refractivity contribution is 5.91. The maximum absolute atomic E-state index is 13.2. The molecule has 74 heavy (non-hydrogen) atoms. The Bertz CT molecular complexity index is 1860. The second kappa shape index (κ2) is 25.8. The quantitative estimate of drug-likeness (QED) is 0.105. The first-order valence-electron chi connectivity index (χ1n) is 25.4. The van der Waals surface area contributed by atoms with Crippen molar-refractivity contribution in [1.82, 2.24) is 0 Å². The Balaban J connectivity index is 0.000000493. The topological polar surface area (TPSA) is 248 Å². The standard InChI is InChI=1S/C14H22F2O3.C14H22O4.C13H20F2O4.C13H20O5/c1-10(17)13(5-7-14(15,16)8-6-13)9-11(18)19-12(2,3)4;1-10(15)14(7-5-11(16)6-8-14)9-12(17)18-13(2,3)4;1-11(2,3)19-9(16)8-12(10(17)18)4-6-13(14,15)7-5-12;1-12(2,3)18-10(15)8-13(11(16)17)6-4-9(14)5-7-13/h5-9H2,1-4H3;5-9H2,1-4H3;4-8H2,1-3H3,(H,17,18);4-8H2,1-3H3,(H,16,17). The number of carbonyl (C=O) groups excluding carboxylic acids is 8. The number of carbonyl (C=O) groups is 10. The molecule has 424 valence electrons. The molecule has 4 fully saturated rings. The zero-order valence-corrected chi connectivity index (χ0v) is 46.3. The van der Waals surface area contributed by atoms with Crippen LogP contribution in [0.25, 0.3) is 0 Å². The summed E-state index contributed by atoms with van der Waals surface area (Å²) in [5, 5.41) is 18.6. The maximum atomic E-state index is 13.2. The van der Waals surface area contributed by atoms with E-state index in [4.69, 9.17) is 18.9 Å². The van der Waals surface area contributed by atoms with Crippen LogP contribution >= 0.6 is 0 Å². The van der Waals surface area contributed by atoms with Crippen molar-refractivity contribution in [3.8, 4) is 0 Å². The molecule has 0 heterocycles. The molecule has 0 amide bonds. The molecule has 4 aliphatic rings. The number of ether oxygens (including phenoxy) is 4. The van der Waals surface area contributed by atoms with Gasteiger partial charge in [0.1, 0.15) is 45.5 Å². The number of esters is 4. The van der Waals surface area contributed by atoms with E-state index in [1.54, 1.807) is 83.1 Å². The minimum Gasteiger partial charge on any atom is -0.481 e. The van der Waals surface area contributed by atoms with E-state index in [1.807, 2.05) is 0 Å². The molecule has 0 radical (unpaired) electrons. The van der Waals surface area contributed by atoms with Gasteiger partial charge in [-0.05, 0) is 148 Å². The van der Waals surface area contributed by atoms with Gasteiger partial charge in [-0.1, -0.05) is 0 Å². The lowest BCUT2D eigenvalue weighted by atomic mass is 9.68. The monoisotopic (exact) mass is 1060 g/mol. The smallest absolute Gasteiger partial charge is 0.310 e. The fraction of sp³-hybridized carbons (Fsp3) is 0.815. The van der Waals surface area contributed by atoms with Crippen LogP contribution in [0.1, 0.15) is 225 Å². The Labute approximate surface area is 433 Å².